The molecule has 148 valence electrons. The predicted molar refractivity (Wildman–Crippen MR) is 125 cm³/mol. The van der Waals surface area contributed by atoms with Crippen LogP contribution in [-0.2, 0) is 7.05 Å². The molecule has 5 aromatic rings. The van der Waals surface area contributed by atoms with Crippen molar-refractivity contribution in [1.29, 1.82) is 0 Å². The van der Waals surface area contributed by atoms with Gasteiger partial charge in [-0.05, 0) is 55.2 Å². The van der Waals surface area contributed by atoms with E-state index in [4.69, 9.17) is 0 Å². The lowest BCUT2D eigenvalue weighted by atomic mass is 10.1. The molecule has 1 aliphatic rings. The molecule has 30 heavy (non-hydrogen) atoms. The van der Waals surface area contributed by atoms with E-state index in [1.165, 1.54) is 76.1 Å². The van der Waals surface area contributed by atoms with Crippen LogP contribution in [0, 0.1) is 0 Å². The van der Waals surface area contributed by atoms with E-state index in [2.05, 4.69) is 100 Å². The second-order valence-corrected chi connectivity index (χ2v) is 8.42. The maximum atomic E-state index is 2.52. The molecule has 0 radical (unpaired) electrons. The number of nitrogens with zero attached hydrogens (tertiary/aromatic N) is 3. The number of fused-ring (bicyclic) bond motifs is 5. The highest BCUT2D eigenvalue weighted by molar-refractivity contribution is 6.01. The Morgan fingerprint density at radius 1 is 0.767 bits per heavy atom. The number of piperidine rings is 1. The molecular formula is C27H26N3+. The van der Waals surface area contributed by atoms with Crippen LogP contribution in [0.25, 0.3) is 33.4 Å². The van der Waals surface area contributed by atoms with Gasteiger partial charge in [0.25, 0.3) is 0 Å². The Bertz CT molecular complexity index is 1410. The summed E-state index contributed by atoms with van der Waals surface area (Å²) in [6.45, 7) is 2.37. The molecule has 0 saturated carbocycles. The molecule has 1 saturated heterocycles. The number of para-hydroxylation sites is 2. The summed E-state index contributed by atoms with van der Waals surface area (Å²) in [6.07, 6.45) is 6.34. The van der Waals surface area contributed by atoms with Crippen molar-refractivity contribution in [2.45, 2.75) is 19.3 Å². The minimum atomic E-state index is 1.18. The van der Waals surface area contributed by atoms with Gasteiger partial charge >= 0.3 is 0 Å². The number of rotatable bonds is 2. The standard InChI is InChI=1S/C27H26N3/c1-28-25-11-5-4-10-23(25)27-24(22-9-3-6-12-26(22)30(27)28)19-20-13-15-21(16-14-20)29-17-7-2-8-18-29/h3-6,9-16,19H,2,7-8,17-18H2,1H3/q+1. The van der Waals surface area contributed by atoms with Gasteiger partial charge in [-0.3, -0.25) is 0 Å². The maximum absolute atomic E-state index is 2.52. The molecule has 3 nitrogen and oxygen atoms in total. The lowest BCUT2D eigenvalue weighted by Crippen LogP contribution is -2.34. The number of hydrogen-bond donors (Lipinski definition) is 0. The van der Waals surface area contributed by atoms with Crippen LogP contribution >= 0.6 is 0 Å². The Kier molecular flexibility index (Phi) is 4.02. The summed E-state index contributed by atoms with van der Waals surface area (Å²) < 4.78 is 4.62. The Morgan fingerprint density at radius 3 is 2.27 bits per heavy atom. The highest BCUT2D eigenvalue weighted by Gasteiger charge is 2.21. The molecule has 3 aromatic carbocycles. The zero-order chi connectivity index (χ0) is 20.1. The molecule has 0 unspecified atom stereocenters. The van der Waals surface area contributed by atoms with Crippen LogP contribution in [0.15, 0.2) is 72.8 Å². The van der Waals surface area contributed by atoms with E-state index >= 15 is 0 Å². The summed E-state index contributed by atoms with van der Waals surface area (Å²) in [6, 6.07) is 26.5. The van der Waals surface area contributed by atoms with Crippen molar-refractivity contribution in [3.63, 3.8) is 0 Å². The lowest BCUT2D eigenvalue weighted by Gasteiger charge is -2.28. The molecule has 0 bridgehead atoms. The van der Waals surface area contributed by atoms with Gasteiger partial charge in [0.2, 0.25) is 5.52 Å². The average Bonchev–Trinajstić information content (AvgIpc) is 3.29. The van der Waals surface area contributed by atoms with Gasteiger partial charge in [-0.15, -0.1) is 9.20 Å². The minimum absolute atomic E-state index is 1.18. The zero-order valence-corrected chi connectivity index (χ0v) is 17.4. The Labute approximate surface area is 176 Å². The maximum Gasteiger partial charge on any atom is 0.239 e. The quantitative estimate of drug-likeness (QED) is 0.400. The van der Waals surface area contributed by atoms with E-state index in [1.54, 1.807) is 0 Å². The van der Waals surface area contributed by atoms with Crippen LogP contribution in [-0.4, -0.2) is 17.6 Å². The molecule has 0 aliphatic carbocycles. The summed E-state index contributed by atoms with van der Waals surface area (Å²) >= 11 is 0. The van der Waals surface area contributed by atoms with E-state index < -0.39 is 0 Å². The molecule has 0 N–H and O–H groups in total. The number of hydrogen-bond acceptors (Lipinski definition) is 1. The molecule has 0 amide bonds. The first-order chi connectivity index (χ1) is 14.8. The Hall–Kier alpha value is -3.33. The second kappa shape index (κ2) is 6.88. The smallest absolute Gasteiger partial charge is 0.239 e. The molecule has 0 spiro atoms. The molecular weight excluding hydrogens is 366 g/mol. The van der Waals surface area contributed by atoms with Gasteiger partial charge in [0.15, 0.2) is 7.05 Å². The molecule has 3 heterocycles. The monoisotopic (exact) mass is 392 g/mol. The topological polar surface area (TPSA) is 11.5 Å². The van der Waals surface area contributed by atoms with Gasteiger partial charge < -0.3 is 4.90 Å². The number of aryl methyl sites for hydroxylation is 1. The first kappa shape index (κ1) is 17.5. The van der Waals surface area contributed by atoms with Crippen LogP contribution in [0.3, 0.4) is 0 Å². The third-order valence-electron chi connectivity index (χ3n) is 6.62. The Balaban J connectivity index is 1.58. The lowest BCUT2D eigenvalue weighted by molar-refractivity contribution is -0.711. The molecule has 1 aliphatic heterocycles. The Morgan fingerprint density at radius 2 is 1.47 bits per heavy atom. The van der Waals surface area contributed by atoms with E-state index in [0.29, 0.717) is 0 Å². The third-order valence-corrected chi connectivity index (χ3v) is 6.62. The van der Waals surface area contributed by atoms with Crippen LogP contribution in [0.2, 0.25) is 0 Å². The van der Waals surface area contributed by atoms with Gasteiger partial charge in [0, 0.05) is 35.4 Å². The van der Waals surface area contributed by atoms with Crippen LogP contribution in [0.1, 0.15) is 24.8 Å². The number of anilines is 1. The molecule has 3 heteroatoms. The number of aromatic nitrogens is 2. The fraction of sp³-hybridized carbons (Fsp3) is 0.222. The molecule has 0 atom stereocenters. The summed E-state index contributed by atoms with van der Waals surface area (Å²) in [5.74, 6) is 0. The first-order valence-corrected chi connectivity index (χ1v) is 11.0. The van der Waals surface area contributed by atoms with Gasteiger partial charge in [0.05, 0.1) is 5.39 Å². The van der Waals surface area contributed by atoms with Gasteiger partial charge in [-0.2, -0.15) is 0 Å². The van der Waals surface area contributed by atoms with Crippen LogP contribution < -0.4 is 14.8 Å². The van der Waals surface area contributed by atoms with Crippen molar-refractivity contribution >= 4 is 39.1 Å². The summed E-state index contributed by atoms with van der Waals surface area (Å²) in [4.78, 5) is 2.52. The molecule has 1 fully saturated rings. The summed E-state index contributed by atoms with van der Waals surface area (Å²) in [5, 5.41) is 3.90. The fourth-order valence-corrected chi connectivity index (χ4v) is 5.13. The number of benzene rings is 3. The first-order valence-electron chi connectivity index (χ1n) is 11.0. The van der Waals surface area contributed by atoms with E-state index in [9.17, 15) is 0 Å². The van der Waals surface area contributed by atoms with Crippen molar-refractivity contribution < 1.29 is 4.68 Å². The van der Waals surface area contributed by atoms with E-state index in [1.807, 2.05) is 0 Å². The van der Waals surface area contributed by atoms with Crippen LogP contribution in [0.4, 0.5) is 5.69 Å². The predicted octanol–water partition coefficient (Wildman–Crippen LogP) is 4.61. The van der Waals surface area contributed by atoms with Gasteiger partial charge in [0.1, 0.15) is 11.0 Å². The van der Waals surface area contributed by atoms with Crippen molar-refractivity contribution in [3.8, 4) is 0 Å². The summed E-state index contributed by atoms with van der Waals surface area (Å²) in [7, 11) is 2.15. The zero-order valence-electron chi connectivity index (χ0n) is 17.4. The van der Waals surface area contributed by atoms with Crippen LogP contribution in [0.5, 0.6) is 0 Å². The second-order valence-electron chi connectivity index (χ2n) is 8.42. The van der Waals surface area contributed by atoms with Crippen molar-refractivity contribution in [3.05, 3.63) is 83.6 Å². The van der Waals surface area contributed by atoms with E-state index in [-0.39, 0.29) is 0 Å². The average molecular weight is 393 g/mol. The highest BCUT2D eigenvalue weighted by Crippen LogP contribution is 2.23. The fourth-order valence-electron chi connectivity index (χ4n) is 5.13. The highest BCUT2D eigenvalue weighted by atomic mass is 15.3. The SMILES string of the molecule is C[n+]1c2ccccc2c2/c(=C\c3ccc(N4CCCCC4)cc3)c3ccccc3n21. The van der Waals surface area contributed by atoms with Crippen molar-refractivity contribution in [2.24, 2.45) is 7.05 Å². The minimum Gasteiger partial charge on any atom is -0.372 e. The summed E-state index contributed by atoms with van der Waals surface area (Å²) in [5.41, 5.74) is 6.40. The largest absolute Gasteiger partial charge is 0.372 e. The van der Waals surface area contributed by atoms with Gasteiger partial charge in [-0.1, -0.05) is 42.5 Å². The third kappa shape index (κ3) is 2.62. The van der Waals surface area contributed by atoms with Crippen molar-refractivity contribution in [2.75, 3.05) is 18.0 Å². The van der Waals surface area contributed by atoms with Crippen molar-refractivity contribution in [1.82, 2.24) is 4.52 Å². The normalized spacial score (nSPS) is 15.6. The molecule has 2 aromatic heterocycles. The molecule has 6 rings (SSSR count). The van der Waals surface area contributed by atoms with E-state index in [0.717, 1.165) is 0 Å². The van der Waals surface area contributed by atoms with Gasteiger partial charge in [-0.25, -0.2) is 0 Å².